The molecule has 9 heteroatoms. The average molecular weight is 660 g/mol. The first-order valence-corrected chi connectivity index (χ1v) is 17.3. The molecule has 0 aromatic heterocycles. The lowest BCUT2D eigenvalue weighted by Crippen LogP contribution is -2.53. The molecule has 0 saturated carbocycles. The standard InChI is InChI=1S/C37H42ClN3O4S/c1-5-6-21-39-37(43)35(23-30-12-8-7-9-13-30)40(25-31-14-10-11-28(3)22-31)36(42)26-41(32-18-17-29(4)34(38)24-32)46(44,45)33-19-15-27(2)16-20-33/h7-20,22,24,35H,5-6,21,23,25-26H2,1-4H3,(H,39,43)/t35-/m1/s1. The van der Waals surface area contributed by atoms with Gasteiger partial charge in [0.2, 0.25) is 11.8 Å². The molecule has 4 aromatic carbocycles. The smallest absolute Gasteiger partial charge is 0.264 e. The molecule has 1 N–H and O–H groups in total. The number of anilines is 1. The number of nitrogens with zero attached hydrogens (tertiary/aromatic N) is 2. The summed E-state index contributed by atoms with van der Waals surface area (Å²) >= 11 is 6.47. The lowest BCUT2D eigenvalue weighted by atomic mass is 10.0. The van der Waals surface area contributed by atoms with Crippen molar-refractivity contribution in [2.24, 2.45) is 0 Å². The average Bonchev–Trinajstić information content (AvgIpc) is 3.03. The zero-order valence-corrected chi connectivity index (χ0v) is 28.4. The summed E-state index contributed by atoms with van der Waals surface area (Å²) in [4.78, 5) is 30.0. The van der Waals surface area contributed by atoms with Gasteiger partial charge < -0.3 is 10.2 Å². The zero-order chi connectivity index (χ0) is 33.3. The number of aryl methyl sites for hydroxylation is 3. The summed E-state index contributed by atoms with van der Waals surface area (Å²) in [5.74, 6) is -0.801. The van der Waals surface area contributed by atoms with Crippen LogP contribution in [0, 0.1) is 20.8 Å². The number of rotatable bonds is 14. The van der Waals surface area contributed by atoms with Crippen LogP contribution < -0.4 is 9.62 Å². The number of carbonyl (C=O) groups excluding carboxylic acids is 2. The third kappa shape index (κ3) is 8.98. The highest BCUT2D eigenvalue weighted by atomic mass is 35.5. The van der Waals surface area contributed by atoms with E-state index in [0.717, 1.165) is 45.0 Å². The van der Waals surface area contributed by atoms with E-state index in [1.165, 1.54) is 17.0 Å². The van der Waals surface area contributed by atoms with Crippen molar-refractivity contribution in [1.82, 2.24) is 10.2 Å². The molecule has 0 aliphatic carbocycles. The number of carbonyl (C=O) groups is 2. The normalized spacial score (nSPS) is 11.9. The lowest BCUT2D eigenvalue weighted by molar-refractivity contribution is -0.140. The van der Waals surface area contributed by atoms with E-state index in [9.17, 15) is 18.0 Å². The summed E-state index contributed by atoms with van der Waals surface area (Å²) in [6.07, 6.45) is 1.96. The van der Waals surface area contributed by atoms with Crippen LogP contribution in [0.25, 0.3) is 0 Å². The molecule has 0 radical (unpaired) electrons. The number of unbranched alkanes of at least 4 members (excludes halogenated alkanes) is 1. The highest BCUT2D eigenvalue weighted by molar-refractivity contribution is 7.92. The van der Waals surface area contributed by atoms with Gasteiger partial charge in [0.15, 0.2) is 0 Å². The van der Waals surface area contributed by atoms with E-state index in [2.05, 4.69) is 5.32 Å². The number of halogens is 1. The monoisotopic (exact) mass is 659 g/mol. The number of amides is 2. The highest BCUT2D eigenvalue weighted by Crippen LogP contribution is 2.29. The quantitative estimate of drug-likeness (QED) is 0.148. The van der Waals surface area contributed by atoms with Crippen LogP contribution in [0.15, 0.2) is 102 Å². The van der Waals surface area contributed by atoms with Crippen LogP contribution in [-0.4, -0.2) is 44.3 Å². The predicted octanol–water partition coefficient (Wildman–Crippen LogP) is 7.02. The fourth-order valence-corrected chi connectivity index (χ4v) is 6.75. The molecule has 242 valence electrons. The minimum atomic E-state index is -4.20. The predicted molar refractivity (Wildman–Crippen MR) is 185 cm³/mol. The Labute approximate surface area is 278 Å². The van der Waals surface area contributed by atoms with Gasteiger partial charge in [0.1, 0.15) is 12.6 Å². The van der Waals surface area contributed by atoms with Crippen LogP contribution in [-0.2, 0) is 32.6 Å². The van der Waals surface area contributed by atoms with Gasteiger partial charge >= 0.3 is 0 Å². The Morgan fingerprint density at radius 3 is 2.17 bits per heavy atom. The Morgan fingerprint density at radius 2 is 1.52 bits per heavy atom. The Balaban J connectivity index is 1.81. The van der Waals surface area contributed by atoms with Gasteiger partial charge in [0.05, 0.1) is 10.6 Å². The fourth-order valence-electron chi connectivity index (χ4n) is 5.17. The first-order valence-electron chi connectivity index (χ1n) is 15.5. The number of benzene rings is 4. The SMILES string of the molecule is CCCCNC(=O)[C@@H](Cc1ccccc1)N(Cc1cccc(C)c1)C(=O)CN(c1ccc(C)c(Cl)c1)S(=O)(=O)c1ccc(C)cc1. The molecule has 4 aromatic rings. The van der Waals surface area contributed by atoms with Gasteiger partial charge in [0, 0.05) is 24.5 Å². The lowest BCUT2D eigenvalue weighted by Gasteiger charge is -2.34. The van der Waals surface area contributed by atoms with E-state index in [0.29, 0.717) is 11.6 Å². The van der Waals surface area contributed by atoms with Crippen LogP contribution in [0.4, 0.5) is 5.69 Å². The number of sulfonamides is 1. The zero-order valence-electron chi connectivity index (χ0n) is 26.9. The van der Waals surface area contributed by atoms with Gasteiger partial charge in [-0.1, -0.05) is 109 Å². The largest absolute Gasteiger partial charge is 0.354 e. The third-order valence-corrected chi connectivity index (χ3v) is 10.1. The second-order valence-corrected chi connectivity index (χ2v) is 13.9. The van der Waals surface area contributed by atoms with Crippen LogP contribution >= 0.6 is 11.6 Å². The van der Waals surface area contributed by atoms with Gasteiger partial charge in [-0.2, -0.15) is 0 Å². The molecule has 0 fully saturated rings. The Morgan fingerprint density at radius 1 is 0.826 bits per heavy atom. The molecule has 0 bridgehead atoms. The van der Waals surface area contributed by atoms with E-state index >= 15 is 0 Å². The first-order chi connectivity index (χ1) is 22.0. The van der Waals surface area contributed by atoms with Crippen LogP contribution in [0.1, 0.15) is 47.6 Å². The third-order valence-electron chi connectivity index (χ3n) is 7.87. The van der Waals surface area contributed by atoms with Crippen LogP contribution in [0.5, 0.6) is 0 Å². The molecule has 0 spiro atoms. The maximum Gasteiger partial charge on any atom is 0.264 e. The van der Waals surface area contributed by atoms with Crippen molar-refractivity contribution in [3.63, 3.8) is 0 Å². The van der Waals surface area contributed by atoms with E-state index in [4.69, 9.17) is 11.6 Å². The van der Waals surface area contributed by atoms with Crippen molar-refractivity contribution in [2.45, 2.75) is 64.4 Å². The molecule has 2 amide bonds. The highest BCUT2D eigenvalue weighted by Gasteiger charge is 2.34. The van der Waals surface area contributed by atoms with Gasteiger partial charge in [-0.05, 0) is 68.1 Å². The molecular formula is C37H42ClN3O4S. The van der Waals surface area contributed by atoms with Crippen molar-refractivity contribution >= 4 is 39.1 Å². The van der Waals surface area contributed by atoms with Crippen LogP contribution in [0.2, 0.25) is 5.02 Å². The molecule has 1 atom stereocenters. The van der Waals surface area contributed by atoms with Crippen LogP contribution in [0.3, 0.4) is 0 Å². The number of hydrogen-bond donors (Lipinski definition) is 1. The summed E-state index contributed by atoms with van der Waals surface area (Å²) in [5, 5.41) is 3.39. The van der Waals surface area contributed by atoms with Gasteiger partial charge in [0.25, 0.3) is 10.0 Å². The van der Waals surface area contributed by atoms with E-state index in [1.807, 2.05) is 82.3 Å². The molecule has 0 aliphatic rings. The second-order valence-electron chi connectivity index (χ2n) is 11.6. The Bertz CT molecular complexity index is 1740. The Kier molecular flexibility index (Phi) is 12.0. The van der Waals surface area contributed by atoms with Gasteiger partial charge in [-0.3, -0.25) is 13.9 Å². The van der Waals surface area contributed by atoms with E-state index < -0.39 is 28.5 Å². The van der Waals surface area contributed by atoms with Crippen molar-refractivity contribution in [2.75, 3.05) is 17.4 Å². The van der Waals surface area contributed by atoms with E-state index in [1.54, 1.807) is 30.3 Å². The Hall–Kier alpha value is -4.14. The summed E-state index contributed by atoms with van der Waals surface area (Å²) in [6, 6.07) is 27.8. The molecule has 4 rings (SSSR count). The fraction of sp³-hybridized carbons (Fsp3) is 0.297. The van der Waals surface area contributed by atoms with Crippen molar-refractivity contribution < 1.29 is 18.0 Å². The molecule has 0 heterocycles. The maximum absolute atomic E-state index is 14.6. The van der Waals surface area contributed by atoms with E-state index in [-0.39, 0.29) is 29.5 Å². The second kappa shape index (κ2) is 15.9. The summed E-state index contributed by atoms with van der Waals surface area (Å²) < 4.78 is 29.5. The molecule has 0 unspecified atom stereocenters. The van der Waals surface area contributed by atoms with Crippen molar-refractivity contribution in [1.29, 1.82) is 0 Å². The summed E-state index contributed by atoms with van der Waals surface area (Å²) in [6.45, 7) is 7.77. The van der Waals surface area contributed by atoms with Crippen molar-refractivity contribution in [3.8, 4) is 0 Å². The molecular weight excluding hydrogens is 618 g/mol. The topological polar surface area (TPSA) is 86.8 Å². The number of hydrogen-bond acceptors (Lipinski definition) is 4. The van der Waals surface area contributed by atoms with Gasteiger partial charge in [-0.25, -0.2) is 8.42 Å². The number of nitrogens with one attached hydrogen (secondary N) is 1. The molecule has 0 aliphatic heterocycles. The first kappa shape index (κ1) is 34.7. The van der Waals surface area contributed by atoms with Gasteiger partial charge in [-0.15, -0.1) is 0 Å². The molecule has 46 heavy (non-hydrogen) atoms. The minimum absolute atomic E-state index is 0.0472. The van der Waals surface area contributed by atoms with Crippen molar-refractivity contribution in [3.05, 3.63) is 130 Å². The molecule has 0 saturated heterocycles. The maximum atomic E-state index is 14.6. The minimum Gasteiger partial charge on any atom is -0.354 e. The molecule has 7 nitrogen and oxygen atoms in total. The summed E-state index contributed by atoms with van der Waals surface area (Å²) in [5.41, 5.74) is 4.66. The summed E-state index contributed by atoms with van der Waals surface area (Å²) in [7, 11) is -4.20.